The Morgan fingerprint density at radius 3 is 2.59 bits per heavy atom. The van der Waals surface area contributed by atoms with Gasteiger partial charge < -0.3 is 4.90 Å². The summed E-state index contributed by atoms with van der Waals surface area (Å²) in [5.41, 5.74) is 4.59. The number of rotatable bonds is 6. The third kappa shape index (κ3) is 5.02. The van der Waals surface area contributed by atoms with Gasteiger partial charge in [-0.2, -0.15) is 0 Å². The first-order valence-corrected chi connectivity index (χ1v) is 12.5. The smallest absolute Gasteiger partial charge is 0.255 e. The van der Waals surface area contributed by atoms with E-state index in [4.69, 9.17) is 4.98 Å². The van der Waals surface area contributed by atoms with Gasteiger partial charge in [-0.15, -0.1) is 23.1 Å². The van der Waals surface area contributed by atoms with Crippen LogP contribution < -0.4 is 4.90 Å². The van der Waals surface area contributed by atoms with Crippen molar-refractivity contribution in [2.45, 2.75) is 44.4 Å². The molecule has 1 fully saturated rings. The molecule has 1 saturated heterocycles. The van der Waals surface area contributed by atoms with Crippen LogP contribution in [0.25, 0.3) is 0 Å². The van der Waals surface area contributed by atoms with Gasteiger partial charge in [0.15, 0.2) is 5.13 Å². The summed E-state index contributed by atoms with van der Waals surface area (Å²) < 4.78 is 0. The van der Waals surface area contributed by atoms with Gasteiger partial charge in [-0.25, -0.2) is 9.97 Å². The average molecular weight is 467 g/mol. The molecule has 0 N–H and O–H groups in total. The van der Waals surface area contributed by atoms with Crippen molar-refractivity contribution in [3.8, 4) is 0 Å². The maximum Gasteiger partial charge on any atom is 0.255 e. The zero-order valence-electron chi connectivity index (χ0n) is 18.5. The monoisotopic (exact) mass is 466 g/mol. The summed E-state index contributed by atoms with van der Waals surface area (Å²) in [5, 5.41) is 3.49. The number of likely N-dealkylation sites (tertiary alicyclic amines) is 1. The molecule has 0 aliphatic carbocycles. The number of thiazole rings is 1. The lowest BCUT2D eigenvalue weighted by atomic mass is 10.1. The van der Waals surface area contributed by atoms with Crippen LogP contribution in [0, 0.1) is 13.8 Å². The Hall–Kier alpha value is -2.71. The van der Waals surface area contributed by atoms with Crippen LogP contribution >= 0.6 is 23.1 Å². The number of hydrogen-bond acceptors (Lipinski definition) is 6. The lowest BCUT2D eigenvalue weighted by Crippen LogP contribution is -2.27. The fourth-order valence-electron chi connectivity index (χ4n) is 3.77. The maximum absolute atomic E-state index is 12.5. The molecule has 0 spiro atoms. The zero-order chi connectivity index (χ0) is 22.7. The van der Waals surface area contributed by atoms with Crippen molar-refractivity contribution < 1.29 is 9.59 Å². The van der Waals surface area contributed by atoms with Crippen LogP contribution in [0.2, 0.25) is 0 Å². The molecule has 0 bridgehead atoms. The van der Waals surface area contributed by atoms with E-state index in [0.29, 0.717) is 16.4 Å². The van der Waals surface area contributed by atoms with Crippen molar-refractivity contribution in [3.63, 3.8) is 0 Å². The number of thioether (sulfide) groups is 1. The van der Waals surface area contributed by atoms with Gasteiger partial charge in [0.25, 0.3) is 5.91 Å². The van der Waals surface area contributed by atoms with E-state index in [1.54, 1.807) is 29.8 Å². The lowest BCUT2D eigenvalue weighted by Gasteiger charge is -2.20. The molecule has 6 nitrogen and oxygen atoms in total. The third-order valence-corrected chi connectivity index (χ3v) is 7.24. The van der Waals surface area contributed by atoms with Crippen LogP contribution in [0.1, 0.15) is 46.9 Å². The maximum atomic E-state index is 12.5. The van der Waals surface area contributed by atoms with Gasteiger partial charge in [0, 0.05) is 37.3 Å². The molecular weight excluding hydrogens is 440 g/mol. The first-order valence-electron chi connectivity index (χ1n) is 10.6. The highest BCUT2D eigenvalue weighted by atomic mass is 32.2. The van der Waals surface area contributed by atoms with E-state index < -0.39 is 0 Å². The Bertz CT molecular complexity index is 1120. The standard InChI is InChI=1S/C24H26N4O2S2/c1-16-6-8-21(17(2)12-16)28(18(3)29)24-26-20(15-32-24)14-31-22-9-7-19(13-25-22)23(30)27-10-4-5-11-27/h6-9,12-13,15H,4-5,10-11,14H2,1-3H3. The fourth-order valence-corrected chi connectivity index (χ4v) is 5.49. The van der Waals surface area contributed by atoms with Gasteiger partial charge >= 0.3 is 0 Å². The third-order valence-electron chi connectivity index (χ3n) is 5.38. The largest absolute Gasteiger partial charge is 0.339 e. The summed E-state index contributed by atoms with van der Waals surface area (Å²) in [4.78, 5) is 37.6. The number of hydrogen-bond donors (Lipinski definition) is 0. The Morgan fingerprint density at radius 1 is 1.16 bits per heavy atom. The Kier molecular flexibility index (Phi) is 6.91. The Morgan fingerprint density at radius 2 is 1.94 bits per heavy atom. The summed E-state index contributed by atoms with van der Waals surface area (Å²) in [6.07, 6.45) is 3.81. The normalized spacial score (nSPS) is 13.4. The number of aryl methyl sites for hydroxylation is 2. The first-order chi connectivity index (χ1) is 15.4. The van der Waals surface area contributed by atoms with Crippen LogP contribution in [0.5, 0.6) is 0 Å². The van der Waals surface area contributed by atoms with Crippen molar-refractivity contribution in [1.29, 1.82) is 0 Å². The van der Waals surface area contributed by atoms with Crippen molar-refractivity contribution in [2.24, 2.45) is 0 Å². The summed E-state index contributed by atoms with van der Waals surface area (Å²) in [5.74, 6) is 0.638. The van der Waals surface area contributed by atoms with E-state index in [1.165, 1.54) is 11.3 Å². The number of carbonyl (C=O) groups excluding carboxylic acids is 2. The molecule has 3 heterocycles. The van der Waals surface area contributed by atoms with E-state index in [-0.39, 0.29) is 11.8 Å². The van der Waals surface area contributed by atoms with Gasteiger partial charge in [0.1, 0.15) is 0 Å². The van der Waals surface area contributed by atoms with E-state index in [0.717, 1.165) is 53.5 Å². The SMILES string of the molecule is CC(=O)N(c1nc(CSc2ccc(C(=O)N3CCCC3)cn2)cs1)c1ccc(C)cc1C. The van der Waals surface area contributed by atoms with Crippen molar-refractivity contribution >= 4 is 45.7 Å². The summed E-state index contributed by atoms with van der Waals surface area (Å²) in [6.45, 7) is 7.27. The quantitative estimate of drug-likeness (QED) is 0.457. The minimum absolute atomic E-state index is 0.0615. The van der Waals surface area contributed by atoms with Crippen LogP contribution in [0.4, 0.5) is 10.8 Å². The first kappa shape index (κ1) is 22.5. The molecule has 32 heavy (non-hydrogen) atoms. The van der Waals surface area contributed by atoms with Gasteiger partial charge in [-0.05, 0) is 50.5 Å². The molecule has 2 aromatic heterocycles. The number of amides is 2. The van der Waals surface area contributed by atoms with Crippen molar-refractivity contribution in [3.05, 3.63) is 64.3 Å². The van der Waals surface area contributed by atoms with Crippen molar-refractivity contribution in [1.82, 2.24) is 14.9 Å². The Balaban J connectivity index is 1.42. The molecule has 1 aliphatic rings. The van der Waals surface area contributed by atoms with Crippen LogP contribution in [-0.4, -0.2) is 39.8 Å². The fraction of sp³-hybridized carbons (Fsp3) is 0.333. The predicted octanol–water partition coefficient (Wildman–Crippen LogP) is 5.37. The van der Waals surface area contributed by atoms with Crippen LogP contribution in [0.3, 0.4) is 0 Å². The number of carbonyl (C=O) groups is 2. The highest BCUT2D eigenvalue weighted by molar-refractivity contribution is 7.98. The molecular formula is C24H26N4O2S2. The van der Waals surface area contributed by atoms with Gasteiger partial charge in [-0.3, -0.25) is 14.5 Å². The summed E-state index contributed by atoms with van der Waals surface area (Å²) in [6, 6.07) is 9.78. The predicted molar refractivity (Wildman–Crippen MR) is 130 cm³/mol. The van der Waals surface area contributed by atoms with E-state index in [9.17, 15) is 9.59 Å². The molecule has 0 atom stereocenters. The minimum Gasteiger partial charge on any atom is -0.339 e. The average Bonchev–Trinajstić information content (AvgIpc) is 3.46. The van der Waals surface area contributed by atoms with Crippen LogP contribution in [-0.2, 0) is 10.5 Å². The van der Waals surface area contributed by atoms with E-state index in [2.05, 4.69) is 11.1 Å². The second-order valence-electron chi connectivity index (χ2n) is 7.94. The highest BCUT2D eigenvalue weighted by Crippen LogP contribution is 2.33. The Labute approximate surface area is 196 Å². The van der Waals surface area contributed by atoms with Gasteiger partial charge in [-0.1, -0.05) is 17.7 Å². The number of pyridine rings is 1. The zero-order valence-corrected chi connectivity index (χ0v) is 20.1. The minimum atomic E-state index is -0.0644. The molecule has 166 valence electrons. The number of aromatic nitrogens is 2. The van der Waals surface area contributed by atoms with Crippen molar-refractivity contribution in [2.75, 3.05) is 18.0 Å². The second-order valence-corrected chi connectivity index (χ2v) is 9.77. The molecule has 8 heteroatoms. The molecule has 0 saturated carbocycles. The van der Waals surface area contributed by atoms with E-state index >= 15 is 0 Å². The summed E-state index contributed by atoms with van der Waals surface area (Å²) in [7, 11) is 0. The second kappa shape index (κ2) is 9.83. The lowest BCUT2D eigenvalue weighted by molar-refractivity contribution is -0.115. The molecule has 4 rings (SSSR count). The molecule has 0 radical (unpaired) electrons. The molecule has 1 aliphatic heterocycles. The summed E-state index contributed by atoms with van der Waals surface area (Å²) >= 11 is 3.02. The van der Waals surface area contributed by atoms with E-state index in [1.807, 2.05) is 48.4 Å². The molecule has 1 aromatic carbocycles. The number of anilines is 2. The highest BCUT2D eigenvalue weighted by Gasteiger charge is 2.21. The number of benzene rings is 1. The van der Waals surface area contributed by atoms with Gasteiger partial charge in [0.05, 0.1) is 22.0 Å². The number of nitrogens with zero attached hydrogens (tertiary/aromatic N) is 4. The molecule has 2 amide bonds. The topological polar surface area (TPSA) is 66.4 Å². The molecule has 0 unspecified atom stereocenters. The van der Waals surface area contributed by atoms with Crippen LogP contribution in [0.15, 0.2) is 46.9 Å². The van der Waals surface area contributed by atoms with Gasteiger partial charge in [0.2, 0.25) is 5.91 Å². The molecule has 3 aromatic rings.